The number of hydrogen-bond donors (Lipinski definition) is 3. The van der Waals surface area contributed by atoms with Gasteiger partial charge < -0.3 is 10.9 Å². The molecule has 6 nitrogen and oxygen atoms in total. The maximum atomic E-state index is 11.5. The zero-order valence-corrected chi connectivity index (χ0v) is 8.33. The lowest BCUT2D eigenvalue weighted by Gasteiger charge is -2.24. The third-order valence-corrected chi connectivity index (χ3v) is 1.64. The number of nitrogens with zero attached hydrogens (tertiary/aromatic N) is 2. The van der Waals surface area contributed by atoms with Crippen molar-refractivity contribution in [2.45, 2.75) is 13.8 Å². The van der Waals surface area contributed by atoms with Crippen LogP contribution in [0.2, 0.25) is 0 Å². The summed E-state index contributed by atoms with van der Waals surface area (Å²) in [6.45, 7) is 3.14. The van der Waals surface area contributed by atoms with Crippen molar-refractivity contribution in [1.29, 1.82) is 0 Å². The average Bonchev–Trinajstić information content (AvgIpc) is 2.01. The van der Waals surface area contributed by atoms with Gasteiger partial charge in [-0.15, -0.1) is 0 Å². The Labute approximate surface area is 77.4 Å². The first-order valence-corrected chi connectivity index (χ1v) is 3.78. The number of amidine groups is 1. The Hall–Kier alpha value is -1.30. The summed E-state index contributed by atoms with van der Waals surface area (Å²) in [6.07, 6.45) is 0. The van der Waals surface area contributed by atoms with Crippen LogP contribution in [0.3, 0.4) is 0 Å². The molecule has 0 radical (unpaired) electrons. The van der Waals surface area contributed by atoms with Crippen molar-refractivity contribution in [1.82, 2.24) is 10.4 Å². The van der Waals surface area contributed by atoms with Crippen LogP contribution in [0.4, 0.5) is 0 Å². The number of hydrazine groups is 1. The minimum atomic E-state index is -1.01. The molecule has 0 aromatic heterocycles. The van der Waals surface area contributed by atoms with Crippen molar-refractivity contribution in [3.63, 3.8) is 0 Å². The van der Waals surface area contributed by atoms with Gasteiger partial charge in [0, 0.05) is 14.1 Å². The van der Waals surface area contributed by atoms with Crippen molar-refractivity contribution in [3.05, 3.63) is 0 Å². The highest BCUT2D eigenvalue weighted by Crippen LogP contribution is 2.14. The first-order chi connectivity index (χ1) is 5.82. The number of oxime groups is 1. The number of amides is 1. The van der Waals surface area contributed by atoms with Gasteiger partial charge in [-0.2, -0.15) is 0 Å². The van der Waals surface area contributed by atoms with Gasteiger partial charge in [0.2, 0.25) is 5.91 Å². The molecule has 0 aliphatic rings. The van der Waals surface area contributed by atoms with Gasteiger partial charge >= 0.3 is 0 Å². The summed E-state index contributed by atoms with van der Waals surface area (Å²) >= 11 is 0. The number of carbonyl (C=O) groups is 1. The molecule has 1 amide bonds. The molecule has 0 spiro atoms. The van der Waals surface area contributed by atoms with E-state index in [-0.39, 0.29) is 11.7 Å². The van der Waals surface area contributed by atoms with Crippen molar-refractivity contribution in [2.75, 3.05) is 14.1 Å². The lowest BCUT2D eigenvalue weighted by molar-refractivity contribution is -0.130. The van der Waals surface area contributed by atoms with Crippen LogP contribution < -0.4 is 11.2 Å². The van der Waals surface area contributed by atoms with E-state index in [9.17, 15) is 4.79 Å². The summed E-state index contributed by atoms with van der Waals surface area (Å²) in [4.78, 5) is 11.5. The highest BCUT2D eigenvalue weighted by atomic mass is 16.4. The van der Waals surface area contributed by atoms with Crippen molar-refractivity contribution >= 4 is 11.7 Å². The monoisotopic (exact) mass is 188 g/mol. The lowest BCUT2D eigenvalue weighted by atomic mass is 9.91. The summed E-state index contributed by atoms with van der Waals surface area (Å²) in [5.74, 6) is -0.445. The third-order valence-electron chi connectivity index (χ3n) is 1.64. The first kappa shape index (κ1) is 11.7. The van der Waals surface area contributed by atoms with Crippen LogP contribution in [0, 0.1) is 5.41 Å². The van der Waals surface area contributed by atoms with Gasteiger partial charge in [-0.25, -0.2) is 5.01 Å². The molecule has 0 bridgehead atoms. The molecule has 0 unspecified atom stereocenters. The fourth-order valence-corrected chi connectivity index (χ4v) is 0.584. The van der Waals surface area contributed by atoms with Crippen molar-refractivity contribution in [3.8, 4) is 0 Å². The summed E-state index contributed by atoms with van der Waals surface area (Å²) in [5, 5.41) is 12.7. The fraction of sp³-hybridized carbons (Fsp3) is 0.714. The molecule has 0 aromatic carbocycles. The minimum absolute atomic E-state index is 0.119. The molecular formula is C7H16N4O2. The topological polar surface area (TPSA) is 91.0 Å². The van der Waals surface area contributed by atoms with E-state index in [0.29, 0.717) is 0 Å². The van der Waals surface area contributed by atoms with Gasteiger partial charge in [0.15, 0.2) is 5.84 Å². The van der Waals surface area contributed by atoms with Crippen LogP contribution >= 0.6 is 0 Å². The lowest BCUT2D eigenvalue weighted by Crippen LogP contribution is -2.49. The fourth-order valence-electron chi connectivity index (χ4n) is 0.584. The van der Waals surface area contributed by atoms with Gasteiger partial charge in [-0.3, -0.25) is 10.2 Å². The van der Waals surface area contributed by atoms with E-state index in [4.69, 9.17) is 10.9 Å². The van der Waals surface area contributed by atoms with Crippen LogP contribution in [0.1, 0.15) is 13.8 Å². The van der Waals surface area contributed by atoms with Crippen LogP contribution in [-0.4, -0.2) is 36.1 Å². The molecule has 4 N–H and O–H groups in total. The number of nitrogens with one attached hydrogen (secondary N) is 1. The van der Waals surface area contributed by atoms with Gasteiger partial charge in [-0.1, -0.05) is 5.16 Å². The van der Waals surface area contributed by atoms with Crippen molar-refractivity contribution in [2.24, 2.45) is 16.3 Å². The molecule has 13 heavy (non-hydrogen) atoms. The standard InChI is InChI=1S/C7H16N4O2/c1-7(2,5(8)10-13)6(12)9-11(3)4/h13H,1-4H3,(H2,8,10)(H,9,12). The molecule has 0 heterocycles. The van der Waals surface area contributed by atoms with Crippen molar-refractivity contribution < 1.29 is 10.0 Å². The van der Waals surface area contributed by atoms with E-state index in [1.165, 1.54) is 5.01 Å². The minimum Gasteiger partial charge on any atom is -0.409 e. The maximum absolute atomic E-state index is 11.5. The summed E-state index contributed by atoms with van der Waals surface area (Å²) in [5.41, 5.74) is 6.85. The zero-order chi connectivity index (χ0) is 10.6. The normalized spacial score (nSPS) is 13.2. The van der Waals surface area contributed by atoms with E-state index < -0.39 is 5.41 Å². The summed E-state index contributed by atoms with van der Waals surface area (Å²) in [7, 11) is 3.36. The van der Waals surface area contributed by atoms with E-state index >= 15 is 0 Å². The molecule has 76 valence electrons. The van der Waals surface area contributed by atoms with Gasteiger partial charge in [0.05, 0.1) is 0 Å². The van der Waals surface area contributed by atoms with Crippen LogP contribution in [0.5, 0.6) is 0 Å². The number of hydrogen-bond acceptors (Lipinski definition) is 4. The molecule has 0 aliphatic carbocycles. The number of carbonyl (C=O) groups excluding carboxylic acids is 1. The average molecular weight is 188 g/mol. The van der Waals surface area contributed by atoms with Gasteiger partial charge in [0.1, 0.15) is 5.41 Å². The van der Waals surface area contributed by atoms with Crippen LogP contribution in [0.15, 0.2) is 5.16 Å². The smallest absolute Gasteiger partial charge is 0.247 e. The molecular weight excluding hydrogens is 172 g/mol. The van der Waals surface area contributed by atoms with E-state index in [0.717, 1.165) is 0 Å². The molecule has 0 aliphatic heterocycles. The van der Waals surface area contributed by atoms with E-state index in [2.05, 4.69) is 10.6 Å². The number of rotatable bonds is 3. The first-order valence-electron chi connectivity index (χ1n) is 3.78. The molecule has 6 heteroatoms. The predicted octanol–water partition coefficient (Wildman–Crippen LogP) is -0.648. The Morgan fingerprint density at radius 2 is 2.00 bits per heavy atom. The molecule has 0 saturated carbocycles. The largest absolute Gasteiger partial charge is 0.409 e. The van der Waals surface area contributed by atoms with E-state index in [1.807, 2.05) is 0 Å². The summed E-state index contributed by atoms with van der Waals surface area (Å²) < 4.78 is 0. The second kappa shape index (κ2) is 4.08. The highest BCUT2D eigenvalue weighted by Gasteiger charge is 2.32. The Kier molecular flexibility index (Phi) is 3.68. The molecule has 0 aromatic rings. The Bertz CT molecular complexity index is 223. The number of nitrogens with two attached hydrogens (primary N) is 1. The third kappa shape index (κ3) is 2.90. The SMILES string of the molecule is CN(C)NC(=O)C(C)(C)C(N)=NO. The summed E-state index contributed by atoms with van der Waals surface area (Å²) in [6, 6.07) is 0. The quantitative estimate of drug-likeness (QED) is 0.237. The maximum Gasteiger partial charge on any atom is 0.247 e. The Balaban J connectivity index is 4.55. The van der Waals surface area contributed by atoms with Gasteiger partial charge in [-0.05, 0) is 13.8 Å². The van der Waals surface area contributed by atoms with E-state index in [1.54, 1.807) is 27.9 Å². The van der Waals surface area contributed by atoms with Gasteiger partial charge in [0.25, 0.3) is 0 Å². The predicted molar refractivity (Wildman–Crippen MR) is 49.0 cm³/mol. The van der Waals surface area contributed by atoms with Crippen LogP contribution in [0.25, 0.3) is 0 Å². The molecule has 0 rings (SSSR count). The molecule has 0 saturated heterocycles. The highest BCUT2D eigenvalue weighted by molar-refractivity contribution is 6.05. The molecule has 0 atom stereocenters. The second-order valence-electron chi connectivity index (χ2n) is 3.45. The Morgan fingerprint density at radius 3 is 2.31 bits per heavy atom. The van der Waals surface area contributed by atoms with Crippen LogP contribution in [-0.2, 0) is 4.79 Å². The molecule has 0 fully saturated rings. The zero-order valence-electron chi connectivity index (χ0n) is 8.33. The second-order valence-corrected chi connectivity index (χ2v) is 3.45. The Morgan fingerprint density at radius 1 is 1.54 bits per heavy atom.